The van der Waals surface area contributed by atoms with Gasteiger partial charge in [0.25, 0.3) is 0 Å². The fourth-order valence-electron chi connectivity index (χ4n) is 9.77. The summed E-state index contributed by atoms with van der Waals surface area (Å²) >= 11 is 0. The average molecular weight is 545 g/mol. The van der Waals surface area contributed by atoms with E-state index in [-0.39, 0.29) is 18.8 Å². The Morgan fingerprint density at radius 1 is 1.08 bits per heavy atom. The number of amides is 1. The van der Waals surface area contributed by atoms with E-state index in [1.807, 2.05) is 7.05 Å². The molecule has 2 N–H and O–H groups in total. The Morgan fingerprint density at radius 2 is 1.87 bits per heavy atom. The number of nitrogens with zero attached hydrogens (tertiary/aromatic N) is 1. The van der Waals surface area contributed by atoms with Crippen molar-refractivity contribution in [1.82, 2.24) is 10.2 Å². The number of aliphatic hydroxyl groups excluding tert-OH is 1. The molecule has 5 heteroatoms. The molecule has 0 aliphatic heterocycles. The van der Waals surface area contributed by atoms with Crippen LogP contribution in [0.2, 0.25) is 0 Å². The zero-order valence-corrected chi connectivity index (χ0v) is 26.1. The van der Waals surface area contributed by atoms with Gasteiger partial charge in [0.05, 0.1) is 6.61 Å². The number of fused-ring (bicyclic) bond motifs is 5. The number of carbonyl (C=O) groups excluding carboxylic acids is 1. The first-order valence-electron chi connectivity index (χ1n) is 16.5. The number of alkyl carbamates (subject to hydrolysis) is 1. The highest BCUT2D eigenvalue weighted by Gasteiger charge is 2.59. The van der Waals surface area contributed by atoms with Crippen LogP contribution < -0.4 is 5.32 Å². The summed E-state index contributed by atoms with van der Waals surface area (Å²) in [5.41, 5.74) is 2.41. The molecule has 3 saturated carbocycles. The van der Waals surface area contributed by atoms with Gasteiger partial charge in [-0.25, -0.2) is 4.79 Å². The molecular weight excluding hydrogens is 484 g/mol. The number of hydrogen-bond acceptors (Lipinski definition) is 4. The van der Waals surface area contributed by atoms with Gasteiger partial charge in [-0.05, 0) is 111 Å². The summed E-state index contributed by atoms with van der Waals surface area (Å²) in [6.45, 7) is 14.8. The monoisotopic (exact) mass is 544 g/mol. The van der Waals surface area contributed by atoms with Gasteiger partial charge in [-0.3, -0.25) is 0 Å². The SMILES string of the molecule is CC(C)CCC[C@@H](C)[C@H]1CC[C@H]2C3CC=C4C[C@@H](OC(=O)NCCCN(C)CCO)CCC4(C)[C@H]3CCC12C. The molecule has 4 aliphatic rings. The molecule has 4 aliphatic carbocycles. The minimum atomic E-state index is -0.268. The summed E-state index contributed by atoms with van der Waals surface area (Å²) in [7, 11) is 1.99. The number of nitrogens with one attached hydrogen (secondary N) is 1. The number of hydrogen-bond donors (Lipinski definition) is 2. The second-order valence-corrected chi connectivity index (χ2v) is 14.9. The molecule has 3 fully saturated rings. The molecule has 0 aromatic carbocycles. The Labute approximate surface area is 239 Å². The number of aliphatic hydroxyl groups is 1. The van der Waals surface area contributed by atoms with Crippen LogP contribution in [0.3, 0.4) is 0 Å². The average Bonchev–Trinajstić information content (AvgIpc) is 3.24. The first-order chi connectivity index (χ1) is 18.6. The first-order valence-corrected chi connectivity index (χ1v) is 16.5. The molecular formula is C34H60N2O3. The fraction of sp³-hybridized carbons (Fsp3) is 0.912. The molecule has 0 aromatic heterocycles. The van der Waals surface area contributed by atoms with Gasteiger partial charge < -0.3 is 20.1 Å². The van der Waals surface area contributed by atoms with Crippen molar-refractivity contribution in [1.29, 1.82) is 0 Å². The molecule has 224 valence electrons. The lowest BCUT2D eigenvalue weighted by molar-refractivity contribution is -0.0581. The van der Waals surface area contributed by atoms with E-state index < -0.39 is 0 Å². The standard InChI is InChI=1S/C34H60N2O3/c1-24(2)9-7-10-25(3)29-13-14-30-28-12-11-26-23-27(39-32(38)35-19-8-20-36(6)21-22-37)15-17-33(26,4)31(28)16-18-34(29,30)5/h11,24-25,27-31,37H,7-10,12-23H2,1-6H3,(H,35,38)/t25-,27+,28?,29-,30+,31+,33?,34?/m1/s1. The van der Waals surface area contributed by atoms with Gasteiger partial charge in [0.15, 0.2) is 0 Å². The highest BCUT2D eigenvalue weighted by atomic mass is 16.6. The molecule has 8 atom stereocenters. The second kappa shape index (κ2) is 13.3. The van der Waals surface area contributed by atoms with Gasteiger partial charge in [0, 0.05) is 19.5 Å². The van der Waals surface area contributed by atoms with Crippen LogP contribution in [0.15, 0.2) is 11.6 Å². The van der Waals surface area contributed by atoms with E-state index in [9.17, 15) is 4.79 Å². The lowest BCUT2D eigenvalue weighted by Crippen LogP contribution is -2.51. The Balaban J connectivity index is 1.31. The van der Waals surface area contributed by atoms with Crippen molar-refractivity contribution in [3.63, 3.8) is 0 Å². The van der Waals surface area contributed by atoms with E-state index in [0.29, 0.717) is 23.9 Å². The van der Waals surface area contributed by atoms with Gasteiger partial charge in [-0.2, -0.15) is 0 Å². The van der Waals surface area contributed by atoms with Crippen molar-refractivity contribution < 1.29 is 14.6 Å². The van der Waals surface area contributed by atoms with E-state index >= 15 is 0 Å². The van der Waals surface area contributed by atoms with Gasteiger partial charge in [-0.15, -0.1) is 0 Å². The molecule has 0 saturated heterocycles. The summed E-state index contributed by atoms with van der Waals surface area (Å²) < 4.78 is 5.90. The molecule has 0 heterocycles. The van der Waals surface area contributed by atoms with E-state index in [0.717, 1.165) is 67.7 Å². The molecule has 5 nitrogen and oxygen atoms in total. The number of likely N-dealkylation sites (N-methyl/N-ethyl adjacent to an activating group) is 1. The molecule has 0 spiro atoms. The van der Waals surface area contributed by atoms with Gasteiger partial charge in [-0.1, -0.05) is 65.5 Å². The summed E-state index contributed by atoms with van der Waals surface area (Å²) in [6.07, 6.45) is 17.4. The number of allylic oxidation sites excluding steroid dienone is 1. The molecule has 39 heavy (non-hydrogen) atoms. The third-order valence-electron chi connectivity index (χ3n) is 12.0. The predicted octanol–water partition coefficient (Wildman–Crippen LogP) is 7.44. The Hall–Kier alpha value is -1.07. The first kappa shape index (κ1) is 30.9. The molecule has 0 radical (unpaired) electrons. The smallest absolute Gasteiger partial charge is 0.407 e. The second-order valence-electron chi connectivity index (χ2n) is 14.9. The number of rotatable bonds is 12. The van der Waals surface area contributed by atoms with Crippen molar-refractivity contribution in [3.8, 4) is 0 Å². The van der Waals surface area contributed by atoms with Gasteiger partial charge in [0.2, 0.25) is 0 Å². The summed E-state index contributed by atoms with van der Waals surface area (Å²) in [4.78, 5) is 14.6. The van der Waals surface area contributed by atoms with E-state index in [1.54, 1.807) is 5.57 Å². The van der Waals surface area contributed by atoms with E-state index in [4.69, 9.17) is 9.84 Å². The van der Waals surface area contributed by atoms with Crippen molar-refractivity contribution in [2.75, 3.05) is 33.3 Å². The molecule has 1 amide bonds. The maximum absolute atomic E-state index is 12.5. The molecule has 0 aromatic rings. The lowest BCUT2D eigenvalue weighted by atomic mass is 9.47. The minimum absolute atomic E-state index is 0.00865. The van der Waals surface area contributed by atoms with Crippen LogP contribution in [0, 0.1) is 46.3 Å². The van der Waals surface area contributed by atoms with Crippen LogP contribution >= 0.6 is 0 Å². The normalized spacial score (nSPS) is 36.6. The third-order valence-corrected chi connectivity index (χ3v) is 12.0. The Bertz CT molecular complexity index is 842. The fourth-order valence-corrected chi connectivity index (χ4v) is 9.77. The Morgan fingerprint density at radius 3 is 2.62 bits per heavy atom. The van der Waals surface area contributed by atoms with Crippen LogP contribution in [-0.4, -0.2) is 55.5 Å². The van der Waals surface area contributed by atoms with E-state index in [1.165, 1.54) is 51.4 Å². The molecule has 4 rings (SSSR count). The molecule has 0 bridgehead atoms. The number of ether oxygens (including phenoxy) is 1. The highest BCUT2D eigenvalue weighted by Crippen LogP contribution is 2.67. The van der Waals surface area contributed by atoms with Gasteiger partial charge >= 0.3 is 6.09 Å². The minimum Gasteiger partial charge on any atom is -0.446 e. The van der Waals surface area contributed by atoms with Crippen LogP contribution in [0.25, 0.3) is 0 Å². The van der Waals surface area contributed by atoms with Crippen LogP contribution in [0.1, 0.15) is 112 Å². The zero-order chi connectivity index (χ0) is 28.2. The highest BCUT2D eigenvalue weighted by molar-refractivity contribution is 5.67. The van der Waals surface area contributed by atoms with Crippen molar-refractivity contribution in [3.05, 3.63) is 11.6 Å². The topological polar surface area (TPSA) is 61.8 Å². The van der Waals surface area contributed by atoms with Gasteiger partial charge in [0.1, 0.15) is 6.10 Å². The van der Waals surface area contributed by atoms with Crippen molar-refractivity contribution in [2.45, 2.75) is 118 Å². The lowest BCUT2D eigenvalue weighted by Gasteiger charge is -2.58. The van der Waals surface area contributed by atoms with Crippen LogP contribution in [0.5, 0.6) is 0 Å². The molecule has 3 unspecified atom stereocenters. The summed E-state index contributed by atoms with van der Waals surface area (Å²) in [5, 5.41) is 12.0. The third kappa shape index (κ3) is 6.88. The Kier molecular flexibility index (Phi) is 10.5. The maximum Gasteiger partial charge on any atom is 0.407 e. The van der Waals surface area contributed by atoms with Crippen LogP contribution in [-0.2, 0) is 4.74 Å². The zero-order valence-electron chi connectivity index (χ0n) is 26.1. The quantitative estimate of drug-likeness (QED) is 0.198. The number of carbonyl (C=O) groups is 1. The van der Waals surface area contributed by atoms with Crippen molar-refractivity contribution >= 4 is 6.09 Å². The maximum atomic E-state index is 12.5. The van der Waals surface area contributed by atoms with Crippen LogP contribution in [0.4, 0.5) is 4.79 Å². The van der Waals surface area contributed by atoms with Crippen molar-refractivity contribution in [2.24, 2.45) is 46.3 Å². The van der Waals surface area contributed by atoms with E-state index in [2.05, 4.69) is 50.9 Å². The summed E-state index contributed by atoms with van der Waals surface area (Å²) in [5.74, 6) is 5.13. The predicted molar refractivity (Wildman–Crippen MR) is 161 cm³/mol. The summed E-state index contributed by atoms with van der Waals surface area (Å²) in [6, 6.07) is 0. The largest absolute Gasteiger partial charge is 0.446 e.